The molecule has 0 spiro atoms. The number of anilines is 2. The molecule has 9 nitrogen and oxygen atoms in total. The summed E-state index contributed by atoms with van der Waals surface area (Å²) in [7, 11) is 0. The van der Waals surface area contributed by atoms with E-state index >= 15 is 0 Å². The van der Waals surface area contributed by atoms with Gasteiger partial charge in [-0.3, -0.25) is 0 Å². The van der Waals surface area contributed by atoms with Crippen LogP contribution in [0.1, 0.15) is 0 Å². The highest BCUT2D eigenvalue weighted by Crippen LogP contribution is 2.18. The summed E-state index contributed by atoms with van der Waals surface area (Å²) in [5, 5.41) is 20.2. The van der Waals surface area contributed by atoms with Crippen LogP contribution in [0.2, 0.25) is 0 Å². The fourth-order valence-electron chi connectivity index (χ4n) is 2.01. The fourth-order valence-corrected chi connectivity index (χ4v) is 2.01. The molecule has 0 aliphatic heterocycles. The lowest BCUT2D eigenvalue weighted by Crippen LogP contribution is -2.19. The number of carbonyl (C=O) groups excluding carboxylic acids is 1. The van der Waals surface area contributed by atoms with Gasteiger partial charge in [0.15, 0.2) is 0 Å². The first-order valence-electron chi connectivity index (χ1n) is 6.30. The van der Waals surface area contributed by atoms with Crippen LogP contribution < -0.4 is 10.6 Å². The summed E-state index contributed by atoms with van der Waals surface area (Å²) in [6.45, 7) is 0. The van der Waals surface area contributed by atoms with Gasteiger partial charge in [0.2, 0.25) is 0 Å². The largest absolute Gasteiger partial charge is 0.323 e. The maximum Gasteiger partial charge on any atom is 0.323 e. The zero-order chi connectivity index (χ0) is 14.9. The van der Waals surface area contributed by atoms with Crippen molar-refractivity contribution >= 4 is 39.5 Å². The number of nitrogens with one attached hydrogen (secondary N) is 2. The lowest BCUT2D eigenvalue weighted by atomic mass is 10.2. The van der Waals surface area contributed by atoms with Crippen LogP contribution in [0.15, 0.2) is 45.7 Å². The quantitative estimate of drug-likeness (QED) is 0.582. The van der Waals surface area contributed by atoms with Gasteiger partial charge in [0.1, 0.15) is 22.1 Å². The van der Waals surface area contributed by atoms with E-state index < -0.39 is 6.03 Å². The van der Waals surface area contributed by atoms with E-state index in [0.29, 0.717) is 33.4 Å². The fraction of sp³-hybridized carbons (Fsp3) is 0. The molecule has 0 saturated heterocycles. The Morgan fingerprint density at radius 2 is 1.18 bits per heavy atom. The Bertz CT molecular complexity index is 898. The SMILES string of the molecule is O=C(Nc1ccc2nonc2c1)Nc1ccc2nonc2c1. The Morgan fingerprint density at radius 3 is 1.68 bits per heavy atom. The third-order valence-electron chi connectivity index (χ3n) is 3.02. The van der Waals surface area contributed by atoms with E-state index in [2.05, 4.69) is 40.5 Å². The van der Waals surface area contributed by atoms with E-state index in [9.17, 15) is 4.79 Å². The van der Waals surface area contributed by atoms with Gasteiger partial charge in [-0.1, -0.05) is 0 Å². The maximum absolute atomic E-state index is 12.0. The molecule has 9 heteroatoms. The summed E-state index contributed by atoms with van der Waals surface area (Å²) in [5.74, 6) is 0. The van der Waals surface area contributed by atoms with Gasteiger partial charge >= 0.3 is 6.03 Å². The standard InChI is InChI=1S/C13H8N6O3/c20-13(14-7-1-3-9-11(5-7)18-21-16-9)15-8-2-4-10-12(6-8)19-22-17-10/h1-6H,(H2,14,15,20). The smallest absolute Gasteiger partial charge is 0.308 e. The van der Waals surface area contributed by atoms with Gasteiger partial charge in [-0.05, 0) is 57.0 Å². The molecule has 2 heterocycles. The van der Waals surface area contributed by atoms with Crippen LogP contribution >= 0.6 is 0 Å². The number of carbonyl (C=O) groups is 1. The zero-order valence-corrected chi connectivity index (χ0v) is 11.0. The van der Waals surface area contributed by atoms with Gasteiger partial charge in [-0.2, -0.15) is 0 Å². The molecule has 2 N–H and O–H groups in total. The van der Waals surface area contributed by atoms with Crippen molar-refractivity contribution in [1.82, 2.24) is 20.6 Å². The summed E-state index contributed by atoms with van der Waals surface area (Å²) >= 11 is 0. The highest BCUT2D eigenvalue weighted by molar-refractivity contribution is 6.01. The van der Waals surface area contributed by atoms with Gasteiger partial charge < -0.3 is 10.6 Å². The molecule has 0 bridgehead atoms. The van der Waals surface area contributed by atoms with Crippen molar-refractivity contribution in [2.45, 2.75) is 0 Å². The van der Waals surface area contributed by atoms with Crippen molar-refractivity contribution in [2.24, 2.45) is 0 Å². The molecule has 4 aromatic rings. The summed E-state index contributed by atoms with van der Waals surface area (Å²) in [5.41, 5.74) is 3.51. The van der Waals surface area contributed by atoms with Gasteiger partial charge in [0.05, 0.1) is 0 Å². The molecular weight excluding hydrogens is 288 g/mol. The molecular formula is C13H8N6O3. The van der Waals surface area contributed by atoms with Crippen molar-refractivity contribution < 1.29 is 14.1 Å². The van der Waals surface area contributed by atoms with E-state index in [-0.39, 0.29) is 0 Å². The minimum absolute atomic E-state index is 0.397. The predicted molar refractivity (Wildman–Crippen MR) is 76.2 cm³/mol. The summed E-state index contributed by atoms with van der Waals surface area (Å²) in [4.78, 5) is 12.0. The van der Waals surface area contributed by atoms with Gasteiger partial charge in [-0.15, -0.1) is 0 Å². The number of rotatable bonds is 2. The van der Waals surface area contributed by atoms with E-state index in [0.717, 1.165) is 0 Å². The van der Waals surface area contributed by atoms with Crippen LogP contribution in [0.4, 0.5) is 16.2 Å². The molecule has 2 aromatic heterocycles. The highest BCUT2D eigenvalue weighted by atomic mass is 16.6. The molecule has 0 atom stereocenters. The Labute approximate surface area is 122 Å². The Morgan fingerprint density at radius 1 is 0.727 bits per heavy atom. The van der Waals surface area contributed by atoms with Crippen LogP contribution in [0.3, 0.4) is 0 Å². The van der Waals surface area contributed by atoms with Crippen LogP contribution in [0.25, 0.3) is 22.1 Å². The lowest BCUT2D eigenvalue weighted by Gasteiger charge is -2.07. The molecule has 0 fully saturated rings. The Balaban J connectivity index is 1.51. The van der Waals surface area contributed by atoms with Crippen molar-refractivity contribution in [1.29, 1.82) is 0 Å². The second-order valence-corrected chi connectivity index (χ2v) is 4.51. The number of urea groups is 1. The van der Waals surface area contributed by atoms with E-state index in [4.69, 9.17) is 0 Å². The third kappa shape index (κ3) is 2.20. The maximum atomic E-state index is 12.0. The zero-order valence-electron chi connectivity index (χ0n) is 11.0. The van der Waals surface area contributed by atoms with Crippen LogP contribution in [-0.2, 0) is 0 Å². The molecule has 22 heavy (non-hydrogen) atoms. The van der Waals surface area contributed by atoms with Crippen LogP contribution in [0.5, 0.6) is 0 Å². The second kappa shape index (κ2) is 4.81. The summed E-state index contributed by atoms with van der Waals surface area (Å²) < 4.78 is 9.21. The highest BCUT2D eigenvalue weighted by Gasteiger charge is 2.07. The molecule has 2 amide bonds. The first-order chi connectivity index (χ1) is 10.8. The Hall–Kier alpha value is -3.49. The number of hydrogen-bond donors (Lipinski definition) is 2. The molecule has 0 aliphatic carbocycles. The molecule has 2 aromatic carbocycles. The minimum Gasteiger partial charge on any atom is -0.308 e. The molecule has 0 radical (unpaired) electrons. The number of aromatic nitrogens is 4. The number of amides is 2. The van der Waals surface area contributed by atoms with Crippen molar-refractivity contribution in [3.63, 3.8) is 0 Å². The van der Waals surface area contributed by atoms with E-state index in [1.165, 1.54) is 0 Å². The molecule has 4 rings (SSSR count). The predicted octanol–water partition coefficient (Wildman–Crippen LogP) is 2.40. The number of nitrogens with zero attached hydrogens (tertiary/aromatic N) is 4. The Kier molecular flexibility index (Phi) is 2.68. The van der Waals surface area contributed by atoms with Gasteiger partial charge in [0, 0.05) is 11.4 Å². The number of benzene rings is 2. The normalized spacial score (nSPS) is 10.9. The molecule has 0 aliphatic rings. The first kappa shape index (κ1) is 12.3. The summed E-state index contributed by atoms with van der Waals surface area (Å²) in [6, 6.07) is 9.75. The van der Waals surface area contributed by atoms with Gasteiger partial charge in [-0.25, -0.2) is 14.1 Å². The van der Waals surface area contributed by atoms with Gasteiger partial charge in [0.25, 0.3) is 0 Å². The van der Waals surface area contributed by atoms with Crippen molar-refractivity contribution in [3.05, 3.63) is 36.4 Å². The van der Waals surface area contributed by atoms with Crippen LogP contribution in [0, 0.1) is 0 Å². The first-order valence-corrected chi connectivity index (χ1v) is 6.30. The van der Waals surface area contributed by atoms with E-state index in [1.807, 2.05) is 0 Å². The minimum atomic E-state index is -0.397. The third-order valence-corrected chi connectivity index (χ3v) is 3.02. The summed E-state index contributed by atoms with van der Waals surface area (Å²) in [6.07, 6.45) is 0. The second-order valence-electron chi connectivity index (χ2n) is 4.51. The van der Waals surface area contributed by atoms with Crippen molar-refractivity contribution in [3.8, 4) is 0 Å². The lowest BCUT2D eigenvalue weighted by molar-refractivity contribution is 0.262. The number of hydrogen-bond acceptors (Lipinski definition) is 7. The number of fused-ring (bicyclic) bond motifs is 2. The van der Waals surface area contributed by atoms with Crippen molar-refractivity contribution in [2.75, 3.05) is 10.6 Å². The topological polar surface area (TPSA) is 119 Å². The molecule has 0 saturated carbocycles. The monoisotopic (exact) mass is 296 g/mol. The molecule has 0 unspecified atom stereocenters. The average molecular weight is 296 g/mol. The van der Waals surface area contributed by atoms with Crippen LogP contribution in [-0.4, -0.2) is 26.7 Å². The average Bonchev–Trinajstić information content (AvgIpc) is 3.14. The van der Waals surface area contributed by atoms with E-state index in [1.54, 1.807) is 36.4 Å². The molecule has 108 valence electrons.